The predicted octanol–water partition coefficient (Wildman–Crippen LogP) is 2.75. The third-order valence-corrected chi connectivity index (χ3v) is 5.70. The van der Waals surface area contributed by atoms with Gasteiger partial charge in [-0.25, -0.2) is 4.79 Å². The third kappa shape index (κ3) is 6.44. The van der Waals surface area contributed by atoms with E-state index < -0.39 is 17.4 Å². The molecule has 0 spiro atoms. The SMILES string of the molecule is COc1ccc(Cn2c(Oc3cccc(OC(C)(F)F)c3)nc3c2c(=O)n(CCOCCO)c(=O)n3C)cc1. The lowest BCUT2D eigenvalue weighted by atomic mass is 10.2. The van der Waals surface area contributed by atoms with Crippen molar-refractivity contribution in [3.63, 3.8) is 0 Å². The molecule has 0 aliphatic rings. The minimum Gasteiger partial charge on any atom is -0.497 e. The second-order valence-corrected chi connectivity index (χ2v) is 8.62. The number of aryl methyl sites for hydroxylation is 1. The number of aromatic nitrogens is 4. The van der Waals surface area contributed by atoms with Crippen LogP contribution in [0.3, 0.4) is 0 Å². The maximum absolute atomic E-state index is 13.6. The Hall–Kier alpha value is -4.23. The molecule has 11 nitrogen and oxygen atoms in total. The molecule has 39 heavy (non-hydrogen) atoms. The first-order valence-corrected chi connectivity index (χ1v) is 12.0. The monoisotopic (exact) mass is 546 g/mol. The molecule has 0 unspecified atom stereocenters. The summed E-state index contributed by atoms with van der Waals surface area (Å²) in [5.74, 6) is 0.643. The van der Waals surface area contributed by atoms with Crippen LogP contribution in [0.1, 0.15) is 12.5 Å². The Balaban J connectivity index is 1.82. The summed E-state index contributed by atoms with van der Waals surface area (Å²) in [5.41, 5.74) is -0.277. The van der Waals surface area contributed by atoms with Gasteiger partial charge in [-0.3, -0.25) is 18.5 Å². The van der Waals surface area contributed by atoms with E-state index in [-0.39, 0.29) is 61.6 Å². The summed E-state index contributed by atoms with van der Waals surface area (Å²) >= 11 is 0. The van der Waals surface area contributed by atoms with Gasteiger partial charge in [0.15, 0.2) is 11.2 Å². The van der Waals surface area contributed by atoms with Crippen LogP contribution in [0.5, 0.6) is 23.3 Å². The summed E-state index contributed by atoms with van der Waals surface area (Å²) in [4.78, 5) is 31.0. The highest BCUT2D eigenvalue weighted by Gasteiger charge is 2.24. The second-order valence-electron chi connectivity index (χ2n) is 8.62. The molecule has 0 saturated carbocycles. The lowest BCUT2D eigenvalue weighted by molar-refractivity contribution is -0.159. The van der Waals surface area contributed by atoms with Crippen molar-refractivity contribution in [2.24, 2.45) is 7.05 Å². The second kappa shape index (κ2) is 11.7. The molecular weight excluding hydrogens is 518 g/mol. The Morgan fingerprint density at radius 1 is 1.00 bits per heavy atom. The number of rotatable bonds is 12. The highest BCUT2D eigenvalue weighted by Crippen LogP contribution is 2.30. The molecule has 2 heterocycles. The average Bonchev–Trinajstić information content (AvgIpc) is 3.24. The van der Waals surface area contributed by atoms with Crippen molar-refractivity contribution in [1.82, 2.24) is 18.7 Å². The van der Waals surface area contributed by atoms with E-state index in [0.29, 0.717) is 12.7 Å². The summed E-state index contributed by atoms with van der Waals surface area (Å²) in [6.45, 7) is 0.617. The van der Waals surface area contributed by atoms with Crippen molar-refractivity contribution in [2.45, 2.75) is 26.1 Å². The van der Waals surface area contributed by atoms with Gasteiger partial charge in [0.1, 0.15) is 17.2 Å². The molecule has 2 aromatic heterocycles. The van der Waals surface area contributed by atoms with E-state index in [4.69, 9.17) is 19.3 Å². The smallest absolute Gasteiger partial charge is 0.394 e. The number of imidazole rings is 1. The minimum absolute atomic E-state index is 0.0338. The number of benzene rings is 2. The van der Waals surface area contributed by atoms with Crippen LogP contribution in [-0.4, -0.2) is 56.8 Å². The van der Waals surface area contributed by atoms with Gasteiger partial charge in [-0.2, -0.15) is 13.8 Å². The quantitative estimate of drug-likeness (QED) is 0.270. The van der Waals surface area contributed by atoms with Gasteiger partial charge in [0.25, 0.3) is 5.56 Å². The number of aliphatic hydroxyl groups excluding tert-OH is 1. The van der Waals surface area contributed by atoms with Crippen molar-refractivity contribution < 1.29 is 32.8 Å². The van der Waals surface area contributed by atoms with Crippen LogP contribution in [0.4, 0.5) is 8.78 Å². The number of methoxy groups -OCH3 is 1. The Bertz CT molecular complexity index is 1560. The normalized spacial score (nSPS) is 11.6. The van der Waals surface area contributed by atoms with Crippen LogP contribution >= 0.6 is 0 Å². The van der Waals surface area contributed by atoms with Gasteiger partial charge >= 0.3 is 17.8 Å². The van der Waals surface area contributed by atoms with Crippen LogP contribution in [0.15, 0.2) is 58.1 Å². The number of nitrogens with zero attached hydrogens (tertiary/aromatic N) is 4. The largest absolute Gasteiger partial charge is 0.497 e. The lowest BCUT2D eigenvalue weighted by Gasteiger charge is -2.14. The molecule has 0 aliphatic carbocycles. The number of ether oxygens (including phenoxy) is 4. The minimum atomic E-state index is -3.40. The van der Waals surface area contributed by atoms with E-state index in [0.717, 1.165) is 10.1 Å². The summed E-state index contributed by atoms with van der Waals surface area (Å²) in [5, 5.41) is 8.93. The predicted molar refractivity (Wildman–Crippen MR) is 137 cm³/mol. The zero-order valence-corrected chi connectivity index (χ0v) is 21.6. The van der Waals surface area contributed by atoms with Crippen molar-refractivity contribution in [3.05, 3.63) is 74.9 Å². The lowest BCUT2D eigenvalue weighted by Crippen LogP contribution is -2.40. The summed E-state index contributed by atoms with van der Waals surface area (Å²) in [6, 6.07) is 12.7. The molecule has 4 aromatic rings. The maximum atomic E-state index is 13.6. The molecule has 0 amide bonds. The van der Waals surface area contributed by atoms with Crippen LogP contribution < -0.4 is 25.5 Å². The van der Waals surface area contributed by atoms with E-state index in [1.54, 1.807) is 31.4 Å². The number of alkyl halides is 2. The molecule has 13 heteroatoms. The fraction of sp³-hybridized carbons (Fsp3) is 0.346. The summed E-state index contributed by atoms with van der Waals surface area (Å²) < 4.78 is 51.6. The number of hydrogen-bond donors (Lipinski definition) is 1. The Morgan fingerprint density at radius 3 is 2.38 bits per heavy atom. The molecule has 2 aromatic carbocycles. The van der Waals surface area contributed by atoms with Crippen LogP contribution in [-0.2, 0) is 24.9 Å². The first-order chi connectivity index (χ1) is 18.6. The van der Waals surface area contributed by atoms with E-state index in [2.05, 4.69) is 9.72 Å². The van der Waals surface area contributed by atoms with E-state index in [9.17, 15) is 18.4 Å². The molecule has 0 radical (unpaired) electrons. The molecule has 208 valence electrons. The van der Waals surface area contributed by atoms with Gasteiger partial charge in [-0.1, -0.05) is 18.2 Å². The zero-order valence-electron chi connectivity index (χ0n) is 21.6. The molecule has 0 atom stereocenters. The molecule has 4 rings (SSSR count). The average molecular weight is 547 g/mol. The van der Waals surface area contributed by atoms with Crippen LogP contribution in [0.25, 0.3) is 11.2 Å². The summed E-state index contributed by atoms with van der Waals surface area (Å²) in [6.07, 6.45) is -3.40. The Kier molecular flexibility index (Phi) is 8.31. The first kappa shape index (κ1) is 27.8. The molecule has 1 N–H and O–H groups in total. The number of aliphatic hydroxyl groups is 1. The van der Waals surface area contributed by atoms with Gasteiger partial charge in [0.05, 0.1) is 40.0 Å². The zero-order chi connectivity index (χ0) is 28.2. The Morgan fingerprint density at radius 2 is 1.72 bits per heavy atom. The van der Waals surface area contributed by atoms with E-state index >= 15 is 0 Å². The number of hydrogen-bond acceptors (Lipinski definition) is 8. The van der Waals surface area contributed by atoms with Gasteiger partial charge in [0, 0.05) is 20.0 Å². The van der Waals surface area contributed by atoms with Crippen LogP contribution in [0, 0.1) is 0 Å². The highest BCUT2D eigenvalue weighted by molar-refractivity contribution is 5.72. The van der Waals surface area contributed by atoms with E-state index in [1.165, 1.54) is 40.4 Å². The third-order valence-electron chi connectivity index (χ3n) is 5.70. The van der Waals surface area contributed by atoms with Crippen molar-refractivity contribution in [2.75, 3.05) is 26.9 Å². The van der Waals surface area contributed by atoms with E-state index in [1.807, 2.05) is 0 Å². The van der Waals surface area contributed by atoms with Gasteiger partial charge < -0.3 is 24.1 Å². The topological polar surface area (TPSA) is 119 Å². The number of halogens is 2. The molecule has 0 aliphatic heterocycles. The fourth-order valence-electron chi connectivity index (χ4n) is 3.92. The Labute approximate surface area is 221 Å². The van der Waals surface area contributed by atoms with Crippen molar-refractivity contribution in [1.29, 1.82) is 0 Å². The summed E-state index contributed by atoms with van der Waals surface area (Å²) in [7, 11) is 3.02. The molecular formula is C26H28F2N4O7. The molecule has 0 fully saturated rings. The number of fused-ring (bicyclic) bond motifs is 1. The molecule has 0 saturated heterocycles. The fourth-order valence-corrected chi connectivity index (χ4v) is 3.92. The van der Waals surface area contributed by atoms with Crippen molar-refractivity contribution in [3.8, 4) is 23.3 Å². The van der Waals surface area contributed by atoms with Gasteiger partial charge in [0.2, 0.25) is 0 Å². The van der Waals surface area contributed by atoms with Gasteiger partial charge in [-0.05, 0) is 29.8 Å². The maximum Gasteiger partial charge on any atom is 0.394 e. The standard InChI is InChI=1S/C26H28F2N4O7/c1-26(27,28)39-20-6-4-5-19(15-20)38-24-29-22-21(32(24)16-17-7-9-18(36-3)10-8-17)23(34)31(25(35)30(22)2)11-13-37-14-12-33/h4-10,15,33H,11-14,16H2,1-3H3. The van der Waals surface area contributed by atoms with Gasteiger partial charge in [-0.15, -0.1) is 0 Å². The molecule has 0 bridgehead atoms. The first-order valence-electron chi connectivity index (χ1n) is 12.0. The highest BCUT2D eigenvalue weighted by atomic mass is 19.3. The van der Waals surface area contributed by atoms with Crippen LogP contribution in [0.2, 0.25) is 0 Å². The van der Waals surface area contributed by atoms with Crippen molar-refractivity contribution >= 4 is 11.2 Å².